The lowest BCUT2D eigenvalue weighted by Gasteiger charge is -2.36. The lowest BCUT2D eigenvalue weighted by atomic mass is 9.95. The van der Waals surface area contributed by atoms with E-state index in [1.165, 1.54) is 22.0 Å². The Hall–Kier alpha value is -1.47. The van der Waals surface area contributed by atoms with Gasteiger partial charge in [-0.05, 0) is 36.3 Å². The molecule has 134 valence electrons. The van der Waals surface area contributed by atoms with Gasteiger partial charge >= 0.3 is 0 Å². The van der Waals surface area contributed by atoms with Crippen molar-refractivity contribution >= 4 is 33.9 Å². The highest BCUT2D eigenvalue weighted by atomic mass is 32.1. The van der Waals surface area contributed by atoms with Gasteiger partial charge in [0, 0.05) is 48.5 Å². The molecule has 1 fully saturated rings. The molecule has 0 spiro atoms. The normalized spacial score (nSPS) is 20.8. The van der Waals surface area contributed by atoms with Crippen LogP contribution in [0.15, 0.2) is 11.4 Å². The number of amides is 1. The van der Waals surface area contributed by atoms with E-state index in [1.54, 1.807) is 0 Å². The van der Waals surface area contributed by atoms with Gasteiger partial charge in [0.2, 0.25) is 11.0 Å². The Kier molecular flexibility index (Phi) is 4.78. The van der Waals surface area contributed by atoms with Crippen LogP contribution in [0.1, 0.15) is 48.9 Å². The number of rotatable bonds is 3. The summed E-state index contributed by atoms with van der Waals surface area (Å²) in [6.07, 6.45) is 3.03. The third kappa shape index (κ3) is 3.44. The minimum atomic E-state index is 0.0836. The molecular weight excluding hydrogens is 352 g/mol. The van der Waals surface area contributed by atoms with Gasteiger partial charge in [-0.2, -0.15) is 4.37 Å². The minimum Gasteiger partial charge on any atom is -0.346 e. The predicted molar refractivity (Wildman–Crippen MR) is 102 cm³/mol. The quantitative estimate of drug-likeness (QED) is 0.822. The molecule has 0 aromatic carbocycles. The predicted octanol–water partition coefficient (Wildman–Crippen LogP) is 3.52. The van der Waals surface area contributed by atoms with Crippen molar-refractivity contribution in [3.05, 3.63) is 27.7 Å². The van der Waals surface area contributed by atoms with Crippen molar-refractivity contribution < 1.29 is 4.79 Å². The van der Waals surface area contributed by atoms with Crippen molar-refractivity contribution in [3.63, 3.8) is 0 Å². The Morgan fingerprint density at radius 1 is 1.36 bits per heavy atom. The molecule has 7 heteroatoms. The molecule has 0 radical (unpaired) electrons. The number of anilines is 1. The van der Waals surface area contributed by atoms with Gasteiger partial charge in [-0.25, -0.2) is 4.98 Å². The summed E-state index contributed by atoms with van der Waals surface area (Å²) < 4.78 is 4.46. The molecule has 2 aliphatic rings. The van der Waals surface area contributed by atoms with Crippen LogP contribution in [0, 0.1) is 5.92 Å². The van der Waals surface area contributed by atoms with Crippen molar-refractivity contribution in [2.45, 2.75) is 45.6 Å². The number of carbonyl (C=O) groups is 1. The molecule has 1 amide bonds. The van der Waals surface area contributed by atoms with Crippen LogP contribution < -0.4 is 4.90 Å². The summed E-state index contributed by atoms with van der Waals surface area (Å²) in [4.78, 5) is 23.5. The number of carbonyl (C=O) groups excluding carboxylic acids is 1. The van der Waals surface area contributed by atoms with E-state index in [0.717, 1.165) is 56.4 Å². The van der Waals surface area contributed by atoms with Gasteiger partial charge in [0.15, 0.2) is 0 Å². The van der Waals surface area contributed by atoms with Gasteiger partial charge < -0.3 is 9.80 Å². The molecule has 4 rings (SSSR count). The maximum absolute atomic E-state index is 13.0. The molecule has 0 saturated carbocycles. The lowest BCUT2D eigenvalue weighted by Crippen LogP contribution is -2.46. The van der Waals surface area contributed by atoms with E-state index < -0.39 is 0 Å². The van der Waals surface area contributed by atoms with Gasteiger partial charge in [0.1, 0.15) is 5.82 Å². The summed E-state index contributed by atoms with van der Waals surface area (Å²) >= 11 is 3.28. The first kappa shape index (κ1) is 17.0. The monoisotopic (exact) mass is 376 g/mol. The van der Waals surface area contributed by atoms with Crippen LogP contribution in [0.3, 0.4) is 0 Å². The Balaban J connectivity index is 1.43. The number of fused-ring (bicyclic) bond motifs is 1. The molecule has 1 saturated heterocycles. The van der Waals surface area contributed by atoms with E-state index in [-0.39, 0.29) is 5.92 Å². The second kappa shape index (κ2) is 7.03. The first-order valence-electron chi connectivity index (χ1n) is 9.04. The van der Waals surface area contributed by atoms with E-state index in [4.69, 9.17) is 0 Å². The summed E-state index contributed by atoms with van der Waals surface area (Å²) in [6.45, 7) is 7.63. The van der Waals surface area contributed by atoms with Crippen LogP contribution >= 0.6 is 22.9 Å². The molecule has 0 N–H and O–H groups in total. The third-order valence-electron chi connectivity index (χ3n) is 5.11. The summed E-state index contributed by atoms with van der Waals surface area (Å²) in [7, 11) is 0. The summed E-state index contributed by atoms with van der Waals surface area (Å²) in [6, 6.07) is 2.17. The van der Waals surface area contributed by atoms with E-state index in [0.29, 0.717) is 11.8 Å². The average molecular weight is 377 g/mol. The van der Waals surface area contributed by atoms with Gasteiger partial charge in [0.25, 0.3) is 0 Å². The van der Waals surface area contributed by atoms with Crippen molar-refractivity contribution in [2.24, 2.45) is 5.92 Å². The first-order chi connectivity index (χ1) is 12.1. The number of thiophene rings is 1. The molecule has 0 bridgehead atoms. The topological polar surface area (TPSA) is 49.3 Å². The van der Waals surface area contributed by atoms with Crippen LogP contribution in [0.25, 0.3) is 0 Å². The van der Waals surface area contributed by atoms with Crippen LogP contribution in [-0.2, 0) is 17.8 Å². The highest BCUT2D eigenvalue weighted by molar-refractivity contribution is 7.10. The minimum absolute atomic E-state index is 0.0836. The fourth-order valence-corrected chi connectivity index (χ4v) is 5.37. The summed E-state index contributed by atoms with van der Waals surface area (Å²) in [5, 5.41) is 3.11. The fraction of sp³-hybridized carbons (Fsp3) is 0.611. The van der Waals surface area contributed by atoms with Crippen molar-refractivity contribution in [1.82, 2.24) is 14.3 Å². The van der Waals surface area contributed by atoms with E-state index in [1.807, 2.05) is 11.3 Å². The molecule has 1 atom stereocenters. The lowest BCUT2D eigenvalue weighted by molar-refractivity contribution is -0.136. The third-order valence-corrected chi connectivity index (χ3v) is 6.92. The van der Waals surface area contributed by atoms with Crippen LogP contribution in [0.4, 0.5) is 5.13 Å². The Labute approximate surface area is 156 Å². The molecule has 4 heterocycles. The molecule has 2 aromatic heterocycles. The van der Waals surface area contributed by atoms with Crippen LogP contribution in [0.5, 0.6) is 0 Å². The number of aromatic nitrogens is 2. The van der Waals surface area contributed by atoms with Crippen LogP contribution in [-0.4, -0.2) is 39.8 Å². The molecule has 2 aliphatic heterocycles. The Bertz CT molecular complexity index is 754. The Morgan fingerprint density at radius 3 is 3.04 bits per heavy atom. The SMILES string of the molecule is CC(C)c1nsc(N2CCCC(C(=O)N3CCc4sccc4C3)C2)n1. The molecule has 1 unspecified atom stereocenters. The van der Waals surface area contributed by atoms with E-state index >= 15 is 0 Å². The maximum atomic E-state index is 13.0. The molecular formula is C18H24N4OS2. The second-order valence-corrected chi connectivity index (χ2v) is 8.98. The second-order valence-electron chi connectivity index (χ2n) is 7.25. The zero-order chi connectivity index (χ0) is 17.4. The number of hydrogen-bond acceptors (Lipinski definition) is 6. The molecule has 25 heavy (non-hydrogen) atoms. The zero-order valence-corrected chi connectivity index (χ0v) is 16.4. The maximum Gasteiger partial charge on any atom is 0.227 e. The molecule has 5 nitrogen and oxygen atoms in total. The number of hydrogen-bond donors (Lipinski definition) is 0. The number of nitrogens with zero attached hydrogens (tertiary/aromatic N) is 4. The van der Waals surface area contributed by atoms with Gasteiger partial charge in [-0.1, -0.05) is 13.8 Å². The highest BCUT2D eigenvalue weighted by Gasteiger charge is 2.32. The average Bonchev–Trinajstić information content (AvgIpc) is 3.30. The van der Waals surface area contributed by atoms with Crippen molar-refractivity contribution in [2.75, 3.05) is 24.5 Å². The largest absolute Gasteiger partial charge is 0.346 e. The standard InChI is InChI=1S/C18H24N4OS2/c1-12(2)16-19-18(25-20-16)22-7-3-4-14(11-22)17(23)21-8-5-15-13(10-21)6-9-24-15/h6,9,12,14H,3-5,7-8,10-11H2,1-2H3. The van der Waals surface area contributed by atoms with Crippen molar-refractivity contribution in [3.8, 4) is 0 Å². The highest BCUT2D eigenvalue weighted by Crippen LogP contribution is 2.29. The van der Waals surface area contributed by atoms with E-state index in [2.05, 4.69) is 44.5 Å². The zero-order valence-electron chi connectivity index (χ0n) is 14.8. The number of piperidine rings is 1. The summed E-state index contributed by atoms with van der Waals surface area (Å²) in [5.74, 6) is 1.66. The summed E-state index contributed by atoms with van der Waals surface area (Å²) in [5.41, 5.74) is 1.34. The van der Waals surface area contributed by atoms with Gasteiger partial charge in [-0.3, -0.25) is 4.79 Å². The van der Waals surface area contributed by atoms with Crippen LogP contribution in [0.2, 0.25) is 0 Å². The first-order valence-corrected chi connectivity index (χ1v) is 10.7. The van der Waals surface area contributed by atoms with Gasteiger partial charge in [-0.15, -0.1) is 11.3 Å². The molecule has 0 aliphatic carbocycles. The van der Waals surface area contributed by atoms with Crippen molar-refractivity contribution in [1.29, 1.82) is 0 Å². The Morgan fingerprint density at radius 2 is 2.24 bits per heavy atom. The molecule has 2 aromatic rings. The van der Waals surface area contributed by atoms with E-state index in [9.17, 15) is 4.79 Å². The smallest absolute Gasteiger partial charge is 0.227 e. The van der Waals surface area contributed by atoms with Gasteiger partial charge in [0.05, 0.1) is 5.92 Å². The fourth-order valence-electron chi connectivity index (χ4n) is 3.64.